The van der Waals surface area contributed by atoms with E-state index in [0.29, 0.717) is 5.92 Å². The lowest BCUT2D eigenvalue weighted by Gasteiger charge is -2.20. The van der Waals surface area contributed by atoms with Crippen molar-refractivity contribution < 1.29 is 0 Å². The van der Waals surface area contributed by atoms with Crippen LogP contribution in [0, 0.1) is 12.8 Å². The first-order valence-corrected chi connectivity index (χ1v) is 11.4. The Kier molecular flexibility index (Phi) is 6.79. The van der Waals surface area contributed by atoms with E-state index in [1.165, 1.54) is 23.2 Å². The smallest absolute Gasteiger partial charge is 0.251 e. The minimum Gasteiger partial charge on any atom is -0.371 e. The second-order valence-electron chi connectivity index (χ2n) is 8.44. The van der Waals surface area contributed by atoms with Gasteiger partial charge in [-0.15, -0.1) is 0 Å². The highest BCUT2D eigenvalue weighted by molar-refractivity contribution is 6.30. The number of H-pyrrole nitrogens is 1. The zero-order valence-electron chi connectivity index (χ0n) is 18.2. The molecule has 0 spiro atoms. The van der Waals surface area contributed by atoms with E-state index >= 15 is 0 Å². The van der Waals surface area contributed by atoms with Crippen LogP contribution in [0.1, 0.15) is 30.0 Å². The summed E-state index contributed by atoms with van der Waals surface area (Å²) in [4.78, 5) is 17.6. The zero-order chi connectivity index (χ0) is 21.8. The lowest BCUT2D eigenvalue weighted by molar-refractivity contribution is 0.516. The molecule has 0 radical (unpaired) electrons. The van der Waals surface area contributed by atoms with E-state index in [1.54, 1.807) is 0 Å². The van der Waals surface area contributed by atoms with Gasteiger partial charge in [0.25, 0.3) is 5.56 Å². The molecule has 1 aliphatic heterocycles. The summed E-state index contributed by atoms with van der Waals surface area (Å²) in [6, 6.07) is 18.6. The SMILES string of the molecule is CCc1cc(C)c(=O)[nH]c1-c1ccc(N2CCC(CNCc3cccc(Cl)c3)C2)cc1. The van der Waals surface area contributed by atoms with Crippen LogP contribution in [0.5, 0.6) is 0 Å². The second-order valence-corrected chi connectivity index (χ2v) is 8.88. The molecule has 1 atom stereocenters. The van der Waals surface area contributed by atoms with E-state index in [9.17, 15) is 4.79 Å². The van der Waals surface area contributed by atoms with Crippen molar-refractivity contribution >= 4 is 17.3 Å². The number of nitrogens with zero attached hydrogens (tertiary/aromatic N) is 1. The molecule has 4 rings (SSSR count). The summed E-state index contributed by atoms with van der Waals surface area (Å²) in [6.45, 7) is 7.97. The van der Waals surface area contributed by atoms with Crippen LogP contribution in [-0.2, 0) is 13.0 Å². The zero-order valence-corrected chi connectivity index (χ0v) is 19.0. The first-order valence-electron chi connectivity index (χ1n) is 11.1. The maximum absolute atomic E-state index is 12.1. The fourth-order valence-corrected chi connectivity index (χ4v) is 4.58. The van der Waals surface area contributed by atoms with Gasteiger partial charge in [0.1, 0.15) is 0 Å². The molecule has 2 aromatic carbocycles. The molecule has 1 unspecified atom stereocenters. The lowest BCUT2D eigenvalue weighted by Crippen LogP contribution is -2.26. The highest BCUT2D eigenvalue weighted by Gasteiger charge is 2.22. The van der Waals surface area contributed by atoms with E-state index in [1.807, 2.05) is 31.2 Å². The number of anilines is 1. The van der Waals surface area contributed by atoms with Crippen molar-refractivity contribution in [2.24, 2.45) is 5.92 Å². The van der Waals surface area contributed by atoms with E-state index in [0.717, 1.165) is 54.4 Å². The van der Waals surface area contributed by atoms with Gasteiger partial charge in [0.05, 0.1) is 5.69 Å². The first-order chi connectivity index (χ1) is 15.0. The number of nitrogens with one attached hydrogen (secondary N) is 2. The molecule has 1 aliphatic rings. The number of aromatic nitrogens is 1. The van der Waals surface area contributed by atoms with Gasteiger partial charge in [-0.05, 0) is 72.7 Å². The van der Waals surface area contributed by atoms with Gasteiger partial charge in [-0.25, -0.2) is 0 Å². The number of pyridine rings is 1. The lowest BCUT2D eigenvalue weighted by atomic mass is 10.0. The summed E-state index contributed by atoms with van der Waals surface area (Å²) in [5.41, 5.74) is 6.41. The summed E-state index contributed by atoms with van der Waals surface area (Å²) in [5.74, 6) is 0.638. The molecule has 4 nitrogen and oxygen atoms in total. The van der Waals surface area contributed by atoms with Gasteiger partial charge >= 0.3 is 0 Å². The average Bonchev–Trinajstić information content (AvgIpc) is 3.24. The van der Waals surface area contributed by atoms with Crippen LogP contribution in [0.2, 0.25) is 5.02 Å². The molecular formula is C26H30ClN3O. The molecule has 0 amide bonds. The van der Waals surface area contributed by atoms with Crippen molar-refractivity contribution in [3.8, 4) is 11.3 Å². The van der Waals surface area contributed by atoms with Gasteiger partial charge in [-0.3, -0.25) is 4.79 Å². The molecule has 162 valence electrons. The quantitative estimate of drug-likeness (QED) is 0.537. The molecule has 5 heteroatoms. The molecule has 0 bridgehead atoms. The van der Waals surface area contributed by atoms with E-state index in [4.69, 9.17) is 11.6 Å². The number of benzene rings is 2. The molecule has 31 heavy (non-hydrogen) atoms. The van der Waals surface area contributed by atoms with Gasteiger partial charge in [-0.1, -0.05) is 42.8 Å². The van der Waals surface area contributed by atoms with Crippen LogP contribution in [-0.4, -0.2) is 24.6 Å². The Balaban J connectivity index is 1.36. The summed E-state index contributed by atoms with van der Waals surface area (Å²) in [5, 5.41) is 4.36. The molecule has 0 aliphatic carbocycles. The normalized spacial score (nSPS) is 16.1. The fraction of sp³-hybridized carbons (Fsp3) is 0.346. The second kappa shape index (κ2) is 9.71. The van der Waals surface area contributed by atoms with Gasteiger partial charge in [0, 0.05) is 42.5 Å². The molecular weight excluding hydrogens is 406 g/mol. The van der Waals surface area contributed by atoms with Gasteiger partial charge in [-0.2, -0.15) is 0 Å². The van der Waals surface area contributed by atoms with Crippen molar-refractivity contribution in [1.82, 2.24) is 10.3 Å². The molecule has 1 aromatic heterocycles. The van der Waals surface area contributed by atoms with Crippen molar-refractivity contribution in [2.45, 2.75) is 33.2 Å². The Hall–Kier alpha value is -2.56. The Morgan fingerprint density at radius 3 is 2.71 bits per heavy atom. The first kappa shape index (κ1) is 21.7. The predicted molar refractivity (Wildman–Crippen MR) is 130 cm³/mol. The molecule has 0 saturated carbocycles. The summed E-state index contributed by atoms with van der Waals surface area (Å²) in [6.07, 6.45) is 2.08. The maximum atomic E-state index is 12.1. The van der Waals surface area contributed by atoms with Crippen molar-refractivity contribution in [1.29, 1.82) is 0 Å². The molecule has 3 aromatic rings. The van der Waals surface area contributed by atoms with Gasteiger partial charge < -0.3 is 15.2 Å². The Bertz CT molecular complexity index is 1090. The molecule has 2 N–H and O–H groups in total. The van der Waals surface area contributed by atoms with E-state index in [2.05, 4.69) is 52.5 Å². The monoisotopic (exact) mass is 435 g/mol. The van der Waals surface area contributed by atoms with Crippen LogP contribution >= 0.6 is 11.6 Å². The number of hydrogen-bond acceptors (Lipinski definition) is 3. The number of aromatic amines is 1. The Labute approximate surface area is 189 Å². The third-order valence-corrected chi connectivity index (χ3v) is 6.38. The number of aryl methyl sites for hydroxylation is 2. The highest BCUT2D eigenvalue weighted by Crippen LogP contribution is 2.28. The van der Waals surface area contributed by atoms with Crippen LogP contribution in [0.3, 0.4) is 0 Å². The number of hydrogen-bond donors (Lipinski definition) is 2. The van der Waals surface area contributed by atoms with Crippen LogP contribution in [0.4, 0.5) is 5.69 Å². The van der Waals surface area contributed by atoms with E-state index < -0.39 is 0 Å². The maximum Gasteiger partial charge on any atom is 0.251 e. The van der Waals surface area contributed by atoms with Crippen molar-refractivity contribution in [3.05, 3.63) is 86.7 Å². The van der Waals surface area contributed by atoms with Crippen LogP contribution < -0.4 is 15.8 Å². The Morgan fingerprint density at radius 2 is 1.97 bits per heavy atom. The minimum atomic E-state index is -0.0102. The average molecular weight is 436 g/mol. The van der Waals surface area contributed by atoms with Gasteiger partial charge in [0.2, 0.25) is 0 Å². The van der Waals surface area contributed by atoms with Crippen molar-refractivity contribution in [2.75, 3.05) is 24.5 Å². The van der Waals surface area contributed by atoms with E-state index in [-0.39, 0.29) is 5.56 Å². The molecule has 1 fully saturated rings. The number of rotatable bonds is 7. The largest absolute Gasteiger partial charge is 0.371 e. The number of halogens is 1. The fourth-order valence-electron chi connectivity index (χ4n) is 4.37. The minimum absolute atomic E-state index is 0.0102. The standard InChI is InChI=1S/C26H30ClN3O/c1-3-21-13-18(2)26(31)29-25(21)22-7-9-24(10-8-22)30-12-11-20(17-30)16-28-15-19-5-4-6-23(27)14-19/h4-10,13-14,20,28H,3,11-12,15-17H2,1-2H3,(H,29,31). The summed E-state index contributed by atoms with van der Waals surface area (Å²) >= 11 is 6.07. The molecule has 2 heterocycles. The Morgan fingerprint density at radius 1 is 1.16 bits per heavy atom. The topological polar surface area (TPSA) is 48.1 Å². The third-order valence-electron chi connectivity index (χ3n) is 6.15. The highest BCUT2D eigenvalue weighted by atomic mass is 35.5. The van der Waals surface area contributed by atoms with Crippen LogP contribution in [0.15, 0.2) is 59.4 Å². The predicted octanol–water partition coefficient (Wildman–Crippen LogP) is 5.18. The van der Waals surface area contributed by atoms with Crippen molar-refractivity contribution in [3.63, 3.8) is 0 Å². The summed E-state index contributed by atoms with van der Waals surface area (Å²) < 4.78 is 0. The molecule has 1 saturated heterocycles. The van der Waals surface area contributed by atoms with Gasteiger partial charge in [0.15, 0.2) is 0 Å². The third kappa shape index (κ3) is 5.20. The van der Waals surface area contributed by atoms with Crippen LogP contribution in [0.25, 0.3) is 11.3 Å². The summed E-state index contributed by atoms with van der Waals surface area (Å²) in [7, 11) is 0.